The number of benzene rings is 3. The summed E-state index contributed by atoms with van der Waals surface area (Å²) in [6.07, 6.45) is -0.788. The number of amides is 1. The van der Waals surface area contributed by atoms with Gasteiger partial charge in [-0.25, -0.2) is 0 Å². The summed E-state index contributed by atoms with van der Waals surface area (Å²) >= 11 is 0. The maximum atomic E-state index is 12.7. The molecule has 0 unspecified atom stereocenters. The Labute approximate surface area is 145 Å². The zero-order valence-corrected chi connectivity index (χ0v) is 13.8. The Morgan fingerprint density at radius 3 is 2.36 bits per heavy atom. The van der Waals surface area contributed by atoms with Crippen LogP contribution in [0.5, 0.6) is 0 Å². The van der Waals surface area contributed by atoms with Crippen molar-refractivity contribution in [3.63, 3.8) is 0 Å². The number of hydrogen-bond donors (Lipinski definition) is 0. The van der Waals surface area contributed by atoms with E-state index in [1.165, 1.54) is 6.92 Å². The van der Waals surface area contributed by atoms with Crippen LogP contribution in [-0.2, 0) is 14.3 Å². The second kappa shape index (κ2) is 6.06. The Kier molecular flexibility index (Phi) is 3.73. The van der Waals surface area contributed by atoms with Crippen LogP contribution in [0.2, 0.25) is 0 Å². The van der Waals surface area contributed by atoms with Gasteiger partial charge in [-0.3, -0.25) is 14.5 Å². The molecule has 0 bridgehead atoms. The Balaban J connectivity index is 1.84. The predicted molar refractivity (Wildman–Crippen MR) is 96.2 cm³/mol. The third kappa shape index (κ3) is 2.56. The molecular formula is C21H17NO3. The molecular weight excluding hydrogens is 314 g/mol. The smallest absolute Gasteiger partial charge is 0.303 e. The number of β-lactam (4-membered cyclic amide) rings is 1. The molecule has 0 radical (unpaired) electrons. The van der Waals surface area contributed by atoms with Crippen LogP contribution in [0.4, 0.5) is 5.69 Å². The van der Waals surface area contributed by atoms with E-state index in [2.05, 4.69) is 0 Å². The van der Waals surface area contributed by atoms with Crippen LogP contribution in [0.25, 0.3) is 10.8 Å². The van der Waals surface area contributed by atoms with E-state index in [9.17, 15) is 9.59 Å². The quantitative estimate of drug-likeness (QED) is 0.541. The number of carbonyl (C=O) groups is 2. The lowest BCUT2D eigenvalue weighted by molar-refractivity contribution is -0.160. The highest BCUT2D eigenvalue weighted by molar-refractivity contribution is 6.07. The van der Waals surface area contributed by atoms with Crippen molar-refractivity contribution < 1.29 is 14.3 Å². The number of para-hydroxylation sites is 1. The molecule has 3 aromatic rings. The van der Waals surface area contributed by atoms with Crippen LogP contribution >= 0.6 is 0 Å². The molecule has 4 nitrogen and oxygen atoms in total. The summed E-state index contributed by atoms with van der Waals surface area (Å²) in [7, 11) is 0. The highest BCUT2D eigenvalue weighted by Crippen LogP contribution is 2.43. The predicted octanol–water partition coefficient (Wildman–Crippen LogP) is 3.86. The van der Waals surface area contributed by atoms with Gasteiger partial charge in [0.25, 0.3) is 5.91 Å². The largest absolute Gasteiger partial charge is 0.450 e. The lowest BCUT2D eigenvalue weighted by atomic mass is 9.86. The zero-order chi connectivity index (χ0) is 17.4. The van der Waals surface area contributed by atoms with Gasteiger partial charge in [-0.05, 0) is 28.5 Å². The molecule has 2 atom stereocenters. The normalized spacial score (nSPS) is 19.6. The summed E-state index contributed by atoms with van der Waals surface area (Å²) in [5, 5.41) is 2.15. The number of hydrogen-bond acceptors (Lipinski definition) is 3. The van der Waals surface area contributed by atoms with Crippen LogP contribution in [0.3, 0.4) is 0 Å². The molecule has 124 valence electrons. The highest BCUT2D eigenvalue weighted by atomic mass is 16.6. The first-order valence-corrected chi connectivity index (χ1v) is 8.20. The Morgan fingerprint density at radius 2 is 1.60 bits per heavy atom. The van der Waals surface area contributed by atoms with Crippen molar-refractivity contribution in [2.24, 2.45) is 0 Å². The molecule has 0 aromatic heterocycles. The fourth-order valence-corrected chi connectivity index (χ4v) is 3.44. The first kappa shape index (κ1) is 15.4. The number of fused-ring (bicyclic) bond motifs is 1. The van der Waals surface area contributed by atoms with E-state index < -0.39 is 12.1 Å². The summed E-state index contributed by atoms with van der Waals surface area (Å²) in [6, 6.07) is 23.1. The van der Waals surface area contributed by atoms with Crippen LogP contribution in [0.1, 0.15) is 18.5 Å². The lowest BCUT2D eigenvalue weighted by Crippen LogP contribution is -2.60. The van der Waals surface area contributed by atoms with Crippen molar-refractivity contribution in [3.8, 4) is 0 Å². The number of rotatable bonds is 3. The van der Waals surface area contributed by atoms with Crippen LogP contribution in [0, 0.1) is 0 Å². The van der Waals surface area contributed by atoms with Crippen molar-refractivity contribution in [1.29, 1.82) is 0 Å². The monoisotopic (exact) mass is 331 g/mol. The zero-order valence-electron chi connectivity index (χ0n) is 13.8. The van der Waals surface area contributed by atoms with Crippen molar-refractivity contribution in [3.05, 3.63) is 78.4 Å². The molecule has 0 saturated carbocycles. The molecule has 4 heteroatoms. The van der Waals surface area contributed by atoms with E-state index in [4.69, 9.17) is 4.74 Å². The summed E-state index contributed by atoms with van der Waals surface area (Å²) in [6.45, 7) is 1.33. The number of esters is 1. The van der Waals surface area contributed by atoms with Gasteiger partial charge in [0, 0.05) is 12.6 Å². The molecule has 3 aromatic carbocycles. The van der Waals surface area contributed by atoms with E-state index in [0.717, 1.165) is 22.0 Å². The molecule has 4 rings (SSSR count). The van der Waals surface area contributed by atoms with E-state index in [1.54, 1.807) is 4.90 Å². The standard InChI is InChI=1S/C21H17NO3/c1-14(23)25-20-19(22(21(20)24)16-10-3-2-4-11-16)18-13-7-9-15-8-5-6-12-17(15)18/h2-13,19-20H,1H3/t19-,20+/m1/s1. The number of carbonyl (C=O) groups excluding carboxylic acids is 2. The minimum atomic E-state index is -0.788. The summed E-state index contributed by atoms with van der Waals surface area (Å²) < 4.78 is 5.34. The van der Waals surface area contributed by atoms with E-state index in [1.807, 2.05) is 72.8 Å². The van der Waals surface area contributed by atoms with E-state index in [0.29, 0.717) is 0 Å². The Bertz CT molecular complexity index is 946. The average molecular weight is 331 g/mol. The first-order chi connectivity index (χ1) is 12.2. The Morgan fingerprint density at radius 1 is 0.920 bits per heavy atom. The third-order valence-corrected chi connectivity index (χ3v) is 4.52. The van der Waals surface area contributed by atoms with E-state index in [-0.39, 0.29) is 11.9 Å². The van der Waals surface area contributed by atoms with Gasteiger partial charge in [0.05, 0.1) is 0 Å². The van der Waals surface area contributed by atoms with Gasteiger partial charge >= 0.3 is 5.97 Å². The molecule has 0 spiro atoms. The van der Waals surface area contributed by atoms with Crippen LogP contribution < -0.4 is 4.90 Å². The SMILES string of the molecule is CC(=O)O[C@@H]1C(=O)N(c2ccccc2)[C@@H]1c1cccc2ccccc12. The van der Waals surface area contributed by atoms with Gasteiger partial charge in [0.2, 0.25) is 6.10 Å². The maximum Gasteiger partial charge on any atom is 0.303 e. The summed E-state index contributed by atoms with van der Waals surface area (Å²) in [5.41, 5.74) is 1.78. The Hall–Kier alpha value is -3.14. The first-order valence-electron chi connectivity index (χ1n) is 8.20. The van der Waals surface area contributed by atoms with E-state index >= 15 is 0 Å². The van der Waals surface area contributed by atoms with Crippen molar-refractivity contribution in [2.75, 3.05) is 4.90 Å². The maximum absolute atomic E-state index is 12.7. The van der Waals surface area contributed by atoms with Gasteiger partial charge in [0.15, 0.2) is 0 Å². The molecule has 1 amide bonds. The van der Waals surface area contributed by atoms with Gasteiger partial charge in [-0.1, -0.05) is 60.7 Å². The van der Waals surface area contributed by atoms with Crippen molar-refractivity contribution >= 4 is 28.3 Å². The molecule has 1 aliphatic heterocycles. The molecule has 0 N–H and O–H groups in total. The molecule has 1 saturated heterocycles. The van der Waals surface area contributed by atoms with Crippen LogP contribution in [0.15, 0.2) is 72.8 Å². The molecule has 1 aliphatic rings. The fourth-order valence-electron chi connectivity index (χ4n) is 3.44. The summed E-state index contributed by atoms with van der Waals surface area (Å²) in [5.74, 6) is -0.643. The second-order valence-electron chi connectivity index (χ2n) is 6.09. The summed E-state index contributed by atoms with van der Waals surface area (Å²) in [4.78, 5) is 25.9. The lowest BCUT2D eigenvalue weighted by Gasteiger charge is -2.46. The molecule has 1 heterocycles. The number of ether oxygens (including phenoxy) is 1. The number of nitrogens with zero attached hydrogens (tertiary/aromatic N) is 1. The average Bonchev–Trinajstić information content (AvgIpc) is 2.64. The van der Waals surface area contributed by atoms with Crippen molar-refractivity contribution in [2.45, 2.75) is 19.1 Å². The molecule has 0 aliphatic carbocycles. The fraction of sp³-hybridized carbons (Fsp3) is 0.143. The minimum Gasteiger partial charge on any atom is -0.450 e. The van der Waals surface area contributed by atoms with Gasteiger partial charge in [0.1, 0.15) is 6.04 Å². The van der Waals surface area contributed by atoms with Crippen LogP contribution in [-0.4, -0.2) is 18.0 Å². The topological polar surface area (TPSA) is 46.6 Å². The second-order valence-corrected chi connectivity index (χ2v) is 6.09. The third-order valence-electron chi connectivity index (χ3n) is 4.52. The number of anilines is 1. The van der Waals surface area contributed by atoms with Gasteiger partial charge < -0.3 is 4.74 Å². The molecule has 25 heavy (non-hydrogen) atoms. The van der Waals surface area contributed by atoms with Crippen molar-refractivity contribution in [1.82, 2.24) is 0 Å². The highest BCUT2D eigenvalue weighted by Gasteiger charge is 2.51. The van der Waals surface area contributed by atoms with Gasteiger partial charge in [-0.2, -0.15) is 0 Å². The molecule has 1 fully saturated rings. The minimum absolute atomic E-state index is 0.195. The van der Waals surface area contributed by atoms with Gasteiger partial charge in [-0.15, -0.1) is 0 Å².